The van der Waals surface area contributed by atoms with Crippen LogP contribution in [0.5, 0.6) is 0 Å². The molecule has 2 rings (SSSR count). The molecule has 2 amide bonds. The molecule has 2 aromatic rings. The zero-order valence-electron chi connectivity index (χ0n) is 18.0. The molecule has 4 nitrogen and oxygen atoms in total. The van der Waals surface area contributed by atoms with Gasteiger partial charge in [-0.2, -0.15) is 0 Å². The molecule has 0 saturated heterocycles. The highest BCUT2D eigenvalue weighted by Crippen LogP contribution is 2.20. The number of aryl methyl sites for hydroxylation is 1. The van der Waals surface area contributed by atoms with Crippen LogP contribution in [0.25, 0.3) is 0 Å². The topological polar surface area (TPSA) is 49.4 Å². The number of hydrogen-bond donors (Lipinski definition) is 1. The van der Waals surface area contributed by atoms with E-state index >= 15 is 0 Å². The van der Waals surface area contributed by atoms with Gasteiger partial charge in [-0.25, -0.2) is 0 Å². The Hall–Kier alpha value is -2.33. The van der Waals surface area contributed by atoms with E-state index in [1.165, 1.54) is 0 Å². The van der Waals surface area contributed by atoms with Gasteiger partial charge in [0.15, 0.2) is 0 Å². The molecule has 0 aromatic heterocycles. The molecule has 0 aliphatic rings. The predicted octanol–water partition coefficient (Wildman–Crippen LogP) is 4.91. The third-order valence-corrected chi connectivity index (χ3v) is 5.03. The Kier molecular flexibility index (Phi) is 7.86. The SMILES string of the molecule is CC[C@H](C(=O)NC(C)(C)C)N(Cc1ccc(C)cc1)C(=O)Cc1ccccc1Cl. The molecule has 1 N–H and O–H groups in total. The molecule has 2 aromatic carbocycles. The molecule has 1 atom stereocenters. The zero-order valence-corrected chi connectivity index (χ0v) is 18.7. The lowest BCUT2D eigenvalue weighted by Crippen LogP contribution is -2.53. The maximum absolute atomic E-state index is 13.3. The summed E-state index contributed by atoms with van der Waals surface area (Å²) in [5, 5.41) is 3.58. The van der Waals surface area contributed by atoms with Crippen molar-refractivity contribution in [2.75, 3.05) is 0 Å². The number of halogens is 1. The lowest BCUT2D eigenvalue weighted by molar-refractivity contribution is -0.141. The number of nitrogens with zero attached hydrogens (tertiary/aromatic N) is 1. The minimum absolute atomic E-state index is 0.116. The summed E-state index contributed by atoms with van der Waals surface area (Å²) in [6.45, 7) is 10.1. The fourth-order valence-electron chi connectivity index (χ4n) is 3.17. The van der Waals surface area contributed by atoms with E-state index in [-0.39, 0.29) is 23.8 Å². The molecule has 156 valence electrons. The van der Waals surface area contributed by atoms with Crippen LogP contribution in [0, 0.1) is 6.92 Å². The van der Waals surface area contributed by atoms with Gasteiger partial charge in [0, 0.05) is 17.1 Å². The summed E-state index contributed by atoms with van der Waals surface area (Å²) in [7, 11) is 0. The van der Waals surface area contributed by atoms with E-state index in [1.54, 1.807) is 11.0 Å². The second-order valence-electron chi connectivity index (χ2n) is 8.44. The van der Waals surface area contributed by atoms with Crippen LogP contribution in [-0.4, -0.2) is 28.3 Å². The van der Waals surface area contributed by atoms with Gasteiger partial charge in [0.1, 0.15) is 6.04 Å². The van der Waals surface area contributed by atoms with Crippen molar-refractivity contribution in [3.8, 4) is 0 Å². The van der Waals surface area contributed by atoms with Crippen LogP contribution in [0.2, 0.25) is 5.02 Å². The number of hydrogen-bond acceptors (Lipinski definition) is 2. The van der Waals surface area contributed by atoms with Gasteiger partial charge >= 0.3 is 0 Å². The molecule has 0 heterocycles. The van der Waals surface area contributed by atoms with E-state index in [0.29, 0.717) is 18.0 Å². The first kappa shape index (κ1) is 23.0. The van der Waals surface area contributed by atoms with Gasteiger partial charge in [-0.1, -0.05) is 66.6 Å². The quantitative estimate of drug-likeness (QED) is 0.699. The molecular weight excluding hydrogens is 384 g/mol. The minimum atomic E-state index is -0.550. The van der Waals surface area contributed by atoms with E-state index in [1.807, 2.05) is 77.1 Å². The molecule has 5 heteroatoms. The standard InChI is InChI=1S/C24H31ClN2O2/c1-6-21(23(29)26-24(3,4)5)27(16-18-13-11-17(2)12-14-18)22(28)15-19-9-7-8-10-20(19)25/h7-14,21H,6,15-16H2,1-5H3,(H,26,29)/t21-/m1/s1. The van der Waals surface area contributed by atoms with Crippen molar-refractivity contribution in [1.82, 2.24) is 10.2 Å². The van der Waals surface area contributed by atoms with E-state index in [0.717, 1.165) is 16.7 Å². The van der Waals surface area contributed by atoms with E-state index in [4.69, 9.17) is 11.6 Å². The summed E-state index contributed by atoms with van der Waals surface area (Å²) in [4.78, 5) is 27.9. The van der Waals surface area contributed by atoms with Crippen molar-refractivity contribution < 1.29 is 9.59 Å². The largest absolute Gasteiger partial charge is 0.350 e. The molecule has 0 saturated carbocycles. The van der Waals surface area contributed by atoms with Crippen molar-refractivity contribution in [2.24, 2.45) is 0 Å². The van der Waals surface area contributed by atoms with Crippen LogP contribution in [-0.2, 0) is 22.6 Å². The average molecular weight is 415 g/mol. The maximum Gasteiger partial charge on any atom is 0.243 e. The smallest absolute Gasteiger partial charge is 0.243 e. The van der Waals surface area contributed by atoms with Crippen LogP contribution in [0.15, 0.2) is 48.5 Å². The maximum atomic E-state index is 13.3. The molecule has 0 radical (unpaired) electrons. The number of rotatable bonds is 7. The number of carbonyl (C=O) groups excluding carboxylic acids is 2. The molecular formula is C24H31ClN2O2. The number of nitrogens with one attached hydrogen (secondary N) is 1. The molecule has 0 bridgehead atoms. The lowest BCUT2D eigenvalue weighted by atomic mass is 10.0. The Labute approximate surface area is 179 Å². The van der Waals surface area contributed by atoms with Gasteiger partial charge in [-0.3, -0.25) is 9.59 Å². The van der Waals surface area contributed by atoms with Crippen molar-refractivity contribution in [1.29, 1.82) is 0 Å². The van der Waals surface area contributed by atoms with Crippen LogP contribution in [0.3, 0.4) is 0 Å². The Morgan fingerprint density at radius 3 is 2.24 bits per heavy atom. The van der Waals surface area contributed by atoms with Gasteiger partial charge in [-0.05, 0) is 51.3 Å². The first-order valence-corrected chi connectivity index (χ1v) is 10.4. The van der Waals surface area contributed by atoms with Crippen LogP contribution in [0.1, 0.15) is 50.8 Å². The first-order chi connectivity index (χ1) is 13.6. The van der Waals surface area contributed by atoms with Crippen LogP contribution < -0.4 is 5.32 Å². The van der Waals surface area contributed by atoms with Crippen molar-refractivity contribution in [2.45, 2.75) is 65.6 Å². The molecule has 0 spiro atoms. The summed E-state index contributed by atoms with van der Waals surface area (Å²) in [5.74, 6) is -0.255. The molecule has 29 heavy (non-hydrogen) atoms. The first-order valence-electron chi connectivity index (χ1n) is 10.0. The normalized spacial score (nSPS) is 12.3. The highest BCUT2D eigenvalue weighted by molar-refractivity contribution is 6.31. The van der Waals surface area contributed by atoms with Gasteiger partial charge < -0.3 is 10.2 Å². The number of benzene rings is 2. The van der Waals surface area contributed by atoms with Crippen molar-refractivity contribution in [3.05, 3.63) is 70.2 Å². The Morgan fingerprint density at radius 2 is 1.69 bits per heavy atom. The Balaban J connectivity index is 2.32. The molecule has 0 unspecified atom stereocenters. The Bertz CT molecular complexity index is 841. The predicted molar refractivity (Wildman–Crippen MR) is 119 cm³/mol. The minimum Gasteiger partial charge on any atom is -0.350 e. The fraction of sp³-hybridized carbons (Fsp3) is 0.417. The third kappa shape index (κ3) is 6.90. The van der Waals surface area contributed by atoms with Gasteiger partial charge in [0.25, 0.3) is 0 Å². The van der Waals surface area contributed by atoms with Gasteiger partial charge in [0.2, 0.25) is 11.8 Å². The molecule has 0 fully saturated rings. The highest BCUT2D eigenvalue weighted by atomic mass is 35.5. The summed E-state index contributed by atoms with van der Waals surface area (Å²) in [5.41, 5.74) is 2.54. The average Bonchev–Trinajstić information content (AvgIpc) is 2.63. The van der Waals surface area contributed by atoms with E-state index < -0.39 is 6.04 Å². The monoisotopic (exact) mass is 414 g/mol. The third-order valence-electron chi connectivity index (χ3n) is 4.66. The second kappa shape index (κ2) is 9.93. The number of amides is 2. The van der Waals surface area contributed by atoms with Crippen molar-refractivity contribution in [3.63, 3.8) is 0 Å². The van der Waals surface area contributed by atoms with Crippen LogP contribution >= 0.6 is 11.6 Å². The van der Waals surface area contributed by atoms with E-state index in [9.17, 15) is 9.59 Å². The van der Waals surface area contributed by atoms with E-state index in [2.05, 4.69) is 5.32 Å². The fourth-order valence-corrected chi connectivity index (χ4v) is 3.37. The molecule has 0 aliphatic carbocycles. The second-order valence-corrected chi connectivity index (χ2v) is 8.85. The van der Waals surface area contributed by atoms with Gasteiger partial charge in [0.05, 0.1) is 6.42 Å². The zero-order chi connectivity index (χ0) is 21.6. The highest BCUT2D eigenvalue weighted by Gasteiger charge is 2.30. The molecule has 0 aliphatic heterocycles. The summed E-state index contributed by atoms with van der Waals surface area (Å²) < 4.78 is 0. The van der Waals surface area contributed by atoms with Crippen LogP contribution in [0.4, 0.5) is 0 Å². The summed E-state index contributed by atoms with van der Waals surface area (Å²) in [6, 6.07) is 14.8. The Morgan fingerprint density at radius 1 is 1.07 bits per heavy atom. The van der Waals surface area contributed by atoms with Gasteiger partial charge in [-0.15, -0.1) is 0 Å². The lowest BCUT2D eigenvalue weighted by Gasteiger charge is -2.33. The summed E-state index contributed by atoms with van der Waals surface area (Å²) in [6.07, 6.45) is 0.687. The number of carbonyl (C=O) groups is 2. The summed E-state index contributed by atoms with van der Waals surface area (Å²) >= 11 is 6.26. The van der Waals surface area contributed by atoms with Crippen molar-refractivity contribution >= 4 is 23.4 Å².